The Kier molecular flexibility index (Phi) is 5.97. The van der Waals surface area contributed by atoms with Crippen LogP contribution in [0.5, 0.6) is 0 Å². The van der Waals surface area contributed by atoms with Gasteiger partial charge < -0.3 is 5.32 Å². The Balaban J connectivity index is 3.02. The zero-order valence-electron chi connectivity index (χ0n) is 11.7. The Morgan fingerprint density at radius 1 is 1.40 bits per heavy atom. The molecule has 1 amide bonds. The van der Waals surface area contributed by atoms with Crippen LogP contribution in [0.25, 0.3) is 0 Å². The predicted octanol–water partition coefficient (Wildman–Crippen LogP) is 4.53. The fourth-order valence-electron chi connectivity index (χ4n) is 2.20. The van der Waals surface area contributed by atoms with Crippen LogP contribution in [0.15, 0.2) is 18.2 Å². The minimum Gasteiger partial charge on any atom is -0.322 e. The third-order valence-corrected chi connectivity index (χ3v) is 3.41. The summed E-state index contributed by atoms with van der Waals surface area (Å²) in [6.45, 7) is 3.82. The van der Waals surface area contributed by atoms with E-state index in [1.54, 1.807) is 0 Å². The number of hydrogen-bond donors (Lipinski definition) is 1. The highest BCUT2D eigenvalue weighted by atomic mass is 35.5. The molecule has 0 bridgehead atoms. The van der Waals surface area contributed by atoms with Gasteiger partial charge >= 0.3 is 0 Å². The lowest BCUT2D eigenvalue weighted by molar-refractivity contribution is -0.123. The number of hydrogen-bond acceptors (Lipinski definition) is 2. The summed E-state index contributed by atoms with van der Waals surface area (Å²) in [6, 6.07) is 6.04. The van der Waals surface area contributed by atoms with Crippen molar-refractivity contribution in [3.05, 3.63) is 29.0 Å². The monoisotopic (exact) mass is 296 g/mol. The highest BCUT2D eigenvalue weighted by Gasteiger charge is 2.37. The summed E-state index contributed by atoms with van der Waals surface area (Å²) in [4.78, 5) is 12.4. The molecule has 5 heteroatoms. The second-order valence-electron chi connectivity index (χ2n) is 4.77. The van der Waals surface area contributed by atoms with Crippen LogP contribution in [0.1, 0.15) is 39.5 Å². The minimum atomic E-state index is -1.11. The van der Waals surface area contributed by atoms with Crippen molar-refractivity contribution in [2.24, 2.45) is 5.41 Å². The molecule has 0 saturated heterocycles. The first-order valence-corrected chi connectivity index (χ1v) is 7.04. The van der Waals surface area contributed by atoms with Crippen LogP contribution in [0, 0.1) is 22.6 Å². The molecule has 0 aromatic heterocycles. The quantitative estimate of drug-likeness (QED) is 0.838. The van der Waals surface area contributed by atoms with Crippen molar-refractivity contribution in [2.75, 3.05) is 5.32 Å². The van der Waals surface area contributed by atoms with Gasteiger partial charge in [0.1, 0.15) is 11.2 Å². The Bertz CT molecular complexity index is 519. The van der Waals surface area contributed by atoms with Gasteiger partial charge in [0.15, 0.2) is 0 Å². The maximum Gasteiger partial charge on any atom is 0.244 e. The van der Waals surface area contributed by atoms with Crippen LogP contribution >= 0.6 is 11.6 Å². The van der Waals surface area contributed by atoms with E-state index >= 15 is 0 Å². The second-order valence-corrected chi connectivity index (χ2v) is 5.21. The van der Waals surface area contributed by atoms with E-state index in [0.717, 1.165) is 0 Å². The average Bonchev–Trinajstić information content (AvgIpc) is 2.42. The van der Waals surface area contributed by atoms with Gasteiger partial charge in [-0.25, -0.2) is 4.39 Å². The van der Waals surface area contributed by atoms with E-state index in [2.05, 4.69) is 11.4 Å². The molecule has 1 aromatic rings. The fourth-order valence-corrected chi connectivity index (χ4v) is 2.38. The Morgan fingerprint density at radius 3 is 2.50 bits per heavy atom. The molecule has 20 heavy (non-hydrogen) atoms. The van der Waals surface area contributed by atoms with E-state index in [9.17, 15) is 14.4 Å². The van der Waals surface area contributed by atoms with Gasteiger partial charge in [0.05, 0.1) is 11.8 Å². The number of carbonyl (C=O) groups is 1. The topological polar surface area (TPSA) is 52.9 Å². The van der Waals surface area contributed by atoms with E-state index in [1.165, 1.54) is 18.2 Å². The van der Waals surface area contributed by atoms with Crippen LogP contribution in [0.4, 0.5) is 10.1 Å². The van der Waals surface area contributed by atoms with Crippen molar-refractivity contribution in [3.63, 3.8) is 0 Å². The van der Waals surface area contributed by atoms with Crippen molar-refractivity contribution in [1.29, 1.82) is 5.26 Å². The van der Waals surface area contributed by atoms with Crippen LogP contribution in [-0.4, -0.2) is 5.91 Å². The van der Waals surface area contributed by atoms with Crippen LogP contribution in [0.2, 0.25) is 5.02 Å². The molecular formula is C15H18ClFN2O. The summed E-state index contributed by atoms with van der Waals surface area (Å²) in [7, 11) is 0. The van der Waals surface area contributed by atoms with Crippen LogP contribution in [-0.2, 0) is 4.79 Å². The number of benzene rings is 1. The molecule has 3 nitrogen and oxygen atoms in total. The Morgan fingerprint density at radius 2 is 2.00 bits per heavy atom. The lowest BCUT2D eigenvalue weighted by Gasteiger charge is -2.24. The van der Waals surface area contributed by atoms with Crippen LogP contribution < -0.4 is 5.32 Å². The molecule has 1 rings (SSSR count). The molecule has 0 fully saturated rings. The Hall–Kier alpha value is -1.60. The van der Waals surface area contributed by atoms with Crippen molar-refractivity contribution >= 4 is 23.2 Å². The third-order valence-electron chi connectivity index (χ3n) is 3.18. The first-order chi connectivity index (χ1) is 9.49. The zero-order valence-corrected chi connectivity index (χ0v) is 12.4. The summed E-state index contributed by atoms with van der Waals surface area (Å²) in [5.41, 5.74) is -1.10. The smallest absolute Gasteiger partial charge is 0.244 e. The summed E-state index contributed by atoms with van der Waals surface area (Å²) >= 11 is 5.79. The van der Waals surface area contributed by atoms with E-state index < -0.39 is 17.1 Å². The minimum absolute atomic E-state index is 0.00864. The summed E-state index contributed by atoms with van der Waals surface area (Å²) < 4.78 is 13.6. The molecule has 0 aliphatic rings. The van der Waals surface area contributed by atoms with Gasteiger partial charge in [0.25, 0.3) is 0 Å². The molecule has 0 spiro atoms. The van der Waals surface area contributed by atoms with Gasteiger partial charge in [-0.05, 0) is 31.0 Å². The summed E-state index contributed by atoms with van der Waals surface area (Å²) in [5.74, 6) is -1.03. The van der Waals surface area contributed by atoms with Crippen molar-refractivity contribution in [3.8, 4) is 6.07 Å². The summed E-state index contributed by atoms with van der Waals surface area (Å²) in [5, 5.41) is 12.2. The number of halogens is 2. The Labute approximate surface area is 123 Å². The maximum atomic E-state index is 13.6. The predicted molar refractivity (Wildman–Crippen MR) is 77.9 cm³/mol. The van der Waals surface area contributed by atoms with Gasteiger partial charge in [-0.2, -0.15) is 5.26 Å². The number of carbonyl (C=O) groups excluding carboxylic acids is 1. The molecule has 0 atom stereocenters. The molecule has 0 unspecified atom stereocenters. The number of nitrogens with zero attached hydrogens (tertiary/aromatic N) is 1. The SMILES string of the molecule is CCCC(C#N)(CCC)C(=O)Nc1cc(Cl)ccc1F. The summed E-state index contributed by atoms with van der Waals surface area (Å²) in [6.07, 6.45) is 2.31. The lowest BCUT2D eigenvalue weighted by atomic mass is 9.79. The number of amides is 1. The maximum absolute atomic E-state index is 13.6. The van der Waals surface area contributed by atoms with Crippen molar-refractivity contribution < 1.29 is 9.18 Å². The number of anilines is 1. The van der Waals surface area contributed by atoms with Crippen molar-refractivity contribution in [1.82, 2.24) is 0 Å². The molecule has 108 valence electrons. The largest absolute Gasteiger partial charge is 0.322 e. The average molecular weight is 297 g/mol. The fraction of sp³-hybridized carbons (Fsp3) is 0.467. The second kappa shape index (κ2) is 7.25. The van der Waals surface area contributed by atoms with Crippen LogP contribution in [0.3, 0.4) is 0 Å². The van der Waals surface area contributed by atoms with Crippen molar-refractivity contribution in [2.45, 2.75) is 39.5 Å². The van der Waals surface area contributed by atoms with E-state index in [4.69, 9.17) is 11.6 Å². The molecule has 0 aliphatic carbocycles. The molecule has 0 saturated carbocycles. The number of nitriles is 1. The van der Waals surface area contributed by atoms with E-state index in [1.807, 2.05) is 13.8 Å². The molecular weight excluding hydrogens is 279 g/mol. The highest BCUT2D eigenvalue weighted by molar-refractivity contribution is 6.30. The third kappa shape index (κ3) is 3.71. The van der Waals surface area contributed by atoms with E-state index in [0.29, 0.717) is 30.7 Å². The first kappa shape index (κ1) is 16.5. The number of nitrogens with one attached hydrogen (secondary N) is 1. The normalized spacial score (nSPS) is 10.9. The highest BCUT2D eigenvalue weighted by Crippen LogP contribution is 2.31. The van der Waals surface area contributed by atoms with Gasteiger partial charge in [-0.3, -0.25) is 4.79 Å². The lowest BCUT2D eigenvalue weighted by Crippen LogP contribution is -2.35. The van der Waals surface area contributed by atoms with Gasteiger partial charge in [-0.15, -0.1) is 0 Å². The molecule has 0 aliphatic heterocycles. The molecule has 1 N–H and O–H groups in total. The van der Waals surface area contributed by atoms with E-state index in [-0.39, 0.29) is 5.69 Å². The standard InChI is InChI=1S/C15H18ClFN2O/c1-3-7-15(10-18,8-4-2)14(20)19-13-9-11(16)5-6-12(13)17/h5-6,9H,3-4,7-8H2,1-2H3,(H,19,20). The first-order valence-electron chi connectivity index (χ1n) is 6.67. The zero-order chi connectivity index (χ0) is 15.2. The molecule has 0 radical (unpaired) electrons. The van der Waals surface area contributed by atoms with Gasteiger partial charge in [0.2, 0.25) is 5.91 Å². The van der Waals surface area contributed by atoms with Gasteiger partial charge in [0, 0.05) is 5.02 Å². The van der Waals surface area contributed by atoms with Gasteiger partial charge in [-0.1, -0.05) is 38.3 Å². The number of rotatable bonds is 6. The molecule has 0 heterocycles. The molecule has 1 aromatic carbocycles.